The second-order valence-electron chi connectivity index (χ2n) is 7.55. The Hall–Kier alpha value is -2.42. The van der Waals surface area contributed by atoms with E-state index in [1.54, 1.807) is 0 Å². The number of nitrogens with two attached hydrogens (primary N) is 4. The smallest absolute Gasteiger partial charge is 0.326 e. The van der Waals surface area contributed by atoms with Crippen molar-refractivity contribution >= 4 is 42.2 Å². The summed E-state index contributed by atoms with van der Waals surface area (Å²) in [6, 6.07) is -4.67. The molecule has 4 unspecified atom stereocenters. The van der Waals surface area contributed by atoms with Crippen molar-refractivity contribution in [2.24, 2.45) is 22.9 Å². The molecule has 0 aromatic carbocycles. The average molecular weight is 492 g/mol. The average Bonchev–Trinajstić information content (AvgIpc) is 2.76. The maximum atomic E-state index is 12.8. The number of aliphatic carboxylic acids is 1. The fraction of sp³-hybridized carbons (Fsp3) is 0.737. The third-order valence-electron chi connectivity index (χ3n) is 4.71. The zero-order chi connectivity index (χ0) is 25.4. The Morgan fingerprint density at radius 2 is 1.21 bits per heavy atom. The van der Waals surface area contributed by atoms with Crippen molar-refractivity contribution in [2.45, 2.75) is 69.1 Å². The number of nitrogens with one attached hydrogen (secondary N) is 3. The molecule has 0 aliphatic carbocycles. The van der Waals surface area contributed by atoms with Gasteiger partial charge in [-0.15, -0.1) is 0 Å². The van der Waals surface area contributed by atoms with Gasteiger partial charge in [0.2, 0.25) is 23.6 Å². The Kier molecular flexibility index (Phi) is 15.9. The Bertz CT molecular complexity index is 667. The maximum absolute atomic E-state index is 12.8. The van der Waals surface area contributed by atoms with Gasteiger partial charge in [0.15, 0.2) is 0 Å². The van der Waals surface area contributed by atoms with E-state index in [2.05, 4.69) is 28.6 Å². The molecule has 0 bridgehead atoms. The van der Waals surface area contributed by atoms with Gasteiger partial charge >= 0.3 is 5.97 Å². The highest BCUT2D eigenvalue weighted by Gasteiger charge is 2.30. The van der Waals surface area contributed by atoms with Crippen LogP contribution in [0.15, 0.2) is 0 Å². The van der Waals surface area contributed by atoms with Crippen LogP contribution in [0.5, 0.6) is 0 Å². The predicted octanol–water partition coefficient (Wildman–Crippen LogP) is -3.08. The van der Waals surface area contributed by atoms with E-state index >= 15 is 0 Å². The normalized spacial score (nSPS) is 14.4. The van der Waals surface area contributed by atoms with Crippen LogP contribution in [0.25, 0.3) is 0 Å². The molecular formula is C19H37N7O6S. The van der Waals surface area contributed by atoms with E-state index in [9.17, 15) is 29.1 Å². The van der Waals surface area contributed by atoms with Gasteiger partial charge < -0.3 is 44.0 Å². The lowest BCUT2D eigenvalue weighted by atomic mass is 10.1. The number of carboxylic acids is 1. The molecule has 0 heterocycles. The summed E-state index contributed by atoms with van der Waals surface area (Å²) in [4.78, 5) is 60.6. The maximum Gasteiger partial charge on any atom is 0.326 e. The Morgan fingerprint density at radius 1 is 0.758 bits per heavy atom. The number of carboxylic acid groups (broad SMARTS) is 1. The number of hydrogen-bond donors (Lipinski definition) is 9. The van der Waals surface area contributed by atoms with E-state index < -0.39 is 60.2 Å². The first-order valence-corrected chi connectivity index (χ1v) is 11.4. The van der Waals surface area contributed by atoms with Crippen LogP contribution in [0, 0.1) is 0 Å². The molecule has 0 spiro atoms. The molecule has 14 heteroatoms. The molecular weight excluding hydrogens is 454 g/mol. The Morgan fingerprint density at radius 3 is 1.67 bits per heavy atom. The number of amides is 4. The van der Waals surface area contributed by atoms with E-state index in [1.165, 1.54) is 0 Å². The van der Waals surface area contributed by atoms with Crippen LogP contribution >= 0.6 is 12.6 Å². The molecule has 0 rings (SSSR count). The minimum Gasteiger partial charge on any atom is -0.480 e. The lowest BCUT2D eigenvalue weighted by Crippen LogP contribution is -2.57. The number of thiol groups is 1. The van der Waals surface area contributed by atoms with Crippen molar-refractivity contribution in [2.75, 3.05) is 18.8 Å². The minimum absolute atomic E-state index is 0.0520. The molecule has 0 aromatic heterocycles. The standard InChI is InChI=1S/C19H37N7O6S/c20-7-3-1-5-12(24-16(28)11(22)10-33)17(29)26-14(9-15(23)27)18(30)25-13(19(31)32)6-2-4-8-21/h11-14,33H,1-10,20-22H2,(H2,23,27)(H,24,28)(H,25,30)(H,26,29)(H,31,32). The minimum atomic E-state index is -1.43. The van der Waals surface area contributed by atoms with Gasteiger partial charge in [0.1, 0.15) is 18.1 Å². The largest absolute Gasteiger partial charge is 0.480 e. The Labute approximate surface area is 198 Å². The van der Waals surface area contributed by atoms with Gasteiger partial charge in [0, 0.05) is 5.75 Å². The van der Waals surface area contributed by atoms with Gasteiger partial charge in [-0.3, -0.25) is 19.2 Å². The van der Waals surface area contributed by atoms with E-state index in [0.717, 1.165) is 0 Å². The van der Waals surface area contributed by atoms with Crippen molar-refractivity contribution in [3.8, 4) is 0 Å². The monoisotopic (exact) mass is 491 g/mol. The number of carbonyl (C=O) groups is 5. The molecule has 0 radical (unpaired) electrons. The van der Waals surface area contributed by atoms with Crippen molar-refractivity contribution in [1.82, 2.24) is 16.0 Å². The number of hydrogen-bond acceptors (Lipinski definition) is 9. The number of primary amides is 1. The fourth-order valence-electron chi connectivity index (χ4n) is 2.83. The number of rotatable bonds is 18. The SMILES string of the molecule is NCCCCC(NC(=O)C(CC(N)=O)NC(=O)C(CCCCN)NC(=O)C(N)CS)C(=O)O. The highest BCUT2D eigenvalue weighted by molar-refractivity contribution is 7.80. The first-order chi connectivity index (χ1) is 15.6. The molecule has 0 saturated carbocycles. The second kappa shape index (κ2) is 17.1. The van der Waals surface area contributed by atoms with Gasteiger partial charge in [0.25, 0.3) is 0 Å². The second-order valence-corrected chi connectivity index (χ2v) is 7.92. The summed E-state index contributed by atoms with van der Waals surface area (Å²) in [6.45, 7) is 0.751. The van der Waals surface area contributed by atoms with Crippen LogP contribution in [-0.2, 0) is 24.0 Å². The van der Waals surface area contributed by atoms with Crippen molar-refractivity contribution in [3.05, 3.63) is 0 Å². The van der Waals surface area contributed by atoms with Crippen LogP contribution in [-0.4, -0.2) is 77.7 Å². The summed E-state index contributed by atoms with van der Waals surface area (Å²) in [6.07, 6.45) is 1.88. The molecule has 0 aliphatic heterocycles. The number of unbranched alkanes of at least 4 members (excludes halogenated alkanes) is 2. The summed E-state index contributed by atoms with van der Waals surface area (Å²) in [5.41, 5.74) is 21.7. The molecule has 0 aliphatic rings. The van der Waals surface area contributed by atoms with Gasteiger partial charge in [-0.05, 0) is 51.6 Å². The van der Waals surface area contributed by atoms with Gasteiger partial charge in [-0.2, -0.15) is 12.6 Å². The third-order valence-corrected chi connectivity index (χ3v) is 5.11. The van der Waals surface area contributed by atoms with Gasteiger partial charge in [0.05, 0.1) is 12.5 Å². The summed E-state index contributed by atoms with van der Waals surface area (Å²) in [7, 11) is 0. The van der Waals surface area contributed by atoms with E-state index in [-0.39, 0.29) is 18.6 Å². The first kappa shape index (κ1) is 30.6. The van der Waals surface area contributed by atoms with Crippen LogP contribution in [0.2, 0.25) is 0 Å². The van der Waals surface area contributed by atoms with E-state index in [1.807, 2.05) is 0 Å². The molecule has 190 valence electrons. The van der Waals surface area contributed by atoms with Crippen LogP contribution < -0.4 is 38.9 Å². The highest BCUT2D eigenvalue weighted by Crippen LogP contribution is 2.06. The summed E-state index contributed by atoms with van der Waals surface area (Å²) in [5, 5.41) is 16.5. The van der Waals surface area contributed by atoms with Crippen molar-refractivity contribution in [1.29, 1.82) is 0 Å². The van der Waals surface area contributed by atoms with Crippen LogP contribution in [0.1, 0.15) is 44.9 Å². The summed E-state index contributed by atoms with van der Waals surface area (Å²) < 4.78 is 0. The molecule has 33 heavy (non-hydrogen) atoms. The number of carbonyl (C=O) groups excluding carboxylic acids is 4. The quantitative estimate of drug-likeness (QED) is 0.0695. The fourth-order valence-corrected chi connectivity index (χ4v) is 2.99. The summed E-state index contributed by atoms with van der Waals surface area (Å²) in [5.74, 6) is -4.34. The Balaban J connectivity index is 5.41. The topological polar surface area (TPSA) is 246 Å². The third kappa shape index (κ3) is 13.0. The lowest BCUT2D eigenvalue weighted by Gasteiger charge is -2.24. The van der Waals surface area contributed by atoms with E-state index in [4.69, 9.17) is 22.9 Å². The van der Waals surface area contributed by atoms with Crippen LogP contribution in [0.3, 0.4) is 0 Å². The zero-order valence-electron chi connectivity index (χ0n) is 18.6. The van der Waals surface area contributed by atoms with Crippen LogP contribution in [0.4, 0.5) is 0 Å². The molecule has 4 amide bonds. The van der Waals surface area contributed by atoms with Crippen molar-refractivity contribution in [3.63, 3.8) is 0 Å². The summed E-state index contributed by atoms with van der Waals surface area (Å²) >= 11 is 3.95. The molecule has 0 saturated heterocycles. The molecule has 0 aromatic rings. The lowest BCUT2D eigenvalue weighted by molar-refractivity contribution is -0.142. The predicted molar refractivity (Wildman–Crippen MR) is 125 cm³/mol. The van der Waals surface area contributed by atoms with Gasteiger partial charge in [-0.1, -0.05) is 0 Å². The molecule has 12 N–H and O–H groups in total. The first-order valence-electron chi connectivity index (χ1n) is 10.8. The van der Waals surface area contributed by atoms with E-state index in [0.29, 0.717) is 38.8 Å². The van der Waals surface area contributed by atoms with Gasteiger partial charge in [-0.25, -0.2) is 4.79 Å². The molecule has 4 atom stereocenters. The molecule has 0 fully saturated rings. The highest BCUT2D eigenvalue weighted by atomic mass is 32.1. The zero-order valence-corrected chi connectivity index (χ0v) is 19.5. The molecule has 13 nitrogen and oxygen atoms in total. The van der Waals surface area contributed by atoms with Crippen molar-refractivity contribution < 1.29 is 29.1 Å².